The van der Waals surface area contributed by atoms with Crippen LogP contribution in [-0.2, 0) is 0 Å². The normalized spacial score (nSPS) is 14.9. The molecule has 0 rings (SSSR count). The first kappa shape index (κ1) is 9.14. The number of nitrogens with zero attached hydrogens (tertiary/aromatic N) is 1. The monoisotopic (exact) mass is 143 g/mol. The Morgan fingerprint density at radius 1 is 1.80 bits per heavy atom. The number of hydrogen-bond acceptors (Lipinski definition) is 2. The maximum atomic E-state index is 10.1. The fourth-order valence-corrected chi connectivity index (χ4v) is 0.590. The molecule has 1 atom stereocenters. The van der Waals surface area contributed by atoms with Crippen molar-refractivity contribution < 1.29 is 4.92 Å². The fourth-order valence-electron chi connectivity index (χ4n) is 0.590. The number of nitro groups is 1. The van der Waals surface area contributed by atoms with Gasteiger partial charge < -0.3 is 0 Å². The van der Waals surface area contributed by atoms with Crippen LogP contribution in [0.3, 0.4) is 0 Å². The van der Waals surface area contributed by atoms with Crippen LogP contribution >= 0.6 is 0 Å². The molecule has 10 heavy (non-hydrogen) atoms. The summed E-state index contributed by atoms with van der Waals surface area (Å²) in [5, 5.41) is 10.1. The van der Waals surface area contributed by atoms with Crippen molar-refractivity contribution in [2.75, 3.05) is 0 Å². The summed E-state index contributed by atoms with van der Waals surface area (Å²) < 4.78 is 0. The Kier molecular flexibility index (Phi) is 3.69. The van der Waals surface area contributed by atoms with Crippen LogP contribution < -0.4 is 0 Å². The van der Waals surface area contributed by atoms with Crippen molar-refractivity contribution in [1.82, 2.24) is 0 Å². The van der Waals surface area contributed by atoms with E-state index in [0.29, 0.717) is 5.92 Å². The molecule has 0 spiro atoms. The molecule has 0 saturated carbocycles. The molecule has 0 aromatic rings. The van der Waals surface area contributed by atoms with Gasteiger partial charge in [0, 0.05) is 6.92 Å². The summed E-state index contributed by atoms with van der Waals surface area (Å²) in [4.78, 5) is 9.73. The van der Waals surface area contributed by atoms with Gasteiger partial charge in [-0.2, -0.15) is 0 Å². The van der Waals surface area contributed by atoms with Crippen LogP contribution in [0.15, 0.2) is 11.8 Å². The molecule has 0 N–H and O–H groups in total. The molecule has 0 bridgehead atoms. The van der Waals surface area contributed by atoms with E-state index >= 15 is 0 Å². The third-order valence-electron chi connectivity index (χ3n) is 1.46. The van der Waals surface area contributed by atoms with Crippen molar-refractivity contribution >= 4 is 0 Å². The van der Waals surface area contributed by atoms with E-state index in [1.807, 2.05) is 13.8 Å². The minimum absolute atomic E-state index is 0.245. The number of rotatable bonds is 3. The molecule has 0 aliphatic heterocycles. The summed E-state index contributed by atoms with van der Waals surface area (Å²) in [6.07, 6.45) is 2.63. The molecule has 0 saturated heterocycles. The van der Waals surface area contributed by atoms with Crippen molar-refractivity contribution in [3.63, 3.8) is 0 Å². The second-order valence-electron chi connectivity index (χ2n) is 2.45. The van der Waals surface area contributed by atoms with Gasteiger partial charge in [0.15, 0.2) is 0 Å². The molecule has 1 unspecified atom stereocenters. The van der Waals surface area contributed by atoms with E-state index in [1.165, 1.54) is 6.92 Å². The van der Waals surface area contributed by atoms with Gasteiger partial charge in [-0.15, -0.1) is 0 Å². The van der Waals surface area contributed by atoms with Gasteiger partial charge in [-0.25, -0.2) is 0 Å². The third kappa shape index (κ3) is 3.22. The maximum Gasteiger partial charge on any atom is 0.239 e. The van der Waals surface area contributed by atoms with E-state index in [-0.39, 0.29) is 10.6 Å². The van der Waals surface area contributed by atoms with Gasteiger partial charge in [0.25, 0.3) is 0 Å². The van der Waals surface area contributed by atoms with E-state index in [9.17, 15) is 10.1 Å². The Labute approximate surface area is 60.9 Å². The Hall–Kier alpha value is -0.860. The topological polar surface area (TPSA) is 43.1 Å². The first-order chi connectivity index (χ1) is 4.57. The van der Waals surface area contributed by atoms with Crippen LogP contribution in [0.2, 0.25) is 0 Å². The van der Waals surface area contributed by atoms with Crippen molar-refractivity contribution in [2.24, 2.45) is 5.92 Å². The second kappa shape index (κ2) is 4.04. The molecule has 0 aliphatic carbocycles. The molecule has 58 valence electrons. The Morgan fingerprint density at radius 2 is 2.30 bits per heavy atom. The molecule has 3 nitrogen and oxygen atoms in total. The lowest BCUT2D eigenvalue weighted by Gasteiger charge is -1.98. The zero-order valence-electron chi connectivity index (χ0n) is 6.63. The Morgan fingerprint density at radius 3 is 2.60 bits per heavy atom. The van der Waals surface area contributed by atoms with Crippen LogP contribution in [0.4, 0.5) is 0 Å². The lowest BCUT2D eigenvalue weighted by Crippen LogP contribution is -1.97. The molecule has 3 heteroatoms. The van der Waals surface area contributed by atoms with Crippen LogP contribution in [0.1, 0.15) is 27.2 Å². The van der Waals surface area contributed by atoms with Crippen molar-refractivity contribution in [2.45, 2.75) is 27.2 Å². The third-order valence-corrected chi connectivity index (χ3v) is 1.46. The summed E-state index contributed by atoms with van der Waals surface area (Å²) in [5.74, 6) is 0.311. The Bertz CT molecular complexity index is 152. The number of hydrogen-bond donors (Lipinski definition) is 0. The molecule has 0 aromatic heterocycles. The first-order valence-electron chi connectivity index (χ1n) is 3.40. The predicted octanol–water partition coefficient (Wildman–Crippen LogP) is 2.21. The molecule has 0 heterocycles. The highest BCUT2D eigenvalue weighted by Crippen LogP contribution is 2.06. The van der Waals surface area contributed by atoms with Gasteiger partial charge in [0.1, 0.15) is 0 Å². The highest BCUT2D eigenvalue weighted by atomic mass is 16.6. The van der Waals surface area contributed by atoms with E-state index < -0.39 is 0 Å². The number of allylic oxidation sites excluding steroid dienone is 2. The maximum absolute atomic E-state index is 10.1. The van der Waals surface area contributed by atoms with Gasteiger partial charge in [-0.05, 0) is 18.4 Å². The van der Waals surface area contributed by atoms with Crippen molar-refractivity contribution in [3.8, 4) is 0 Å². The second-order valence-corrected chi connectivity index (χ2v) is 2.45. The zero-order chi connectivity index (χ0) is 8.15. The SMILES string of the molecule is CCC(C)C=C(C)[N+](=O)[O-]. The van der Waals surface area contributed by atoms with E-state index in [2.05, 4.69) is 0 Å². The standard InChI is InChI=1S/C7H13NO2/c1-4-6(2)5-7(3)8(9)10/h5-6H,4H2,1-3H3. The van der Waals surface area contributed by atoms with Gasteiger partial charge in [-0.1, -0.05) is 13.8 Å². The molecular weight excluding hydrogens is 130 g/mol. The molecule has 0 aromatic carbocycles. The summed E-state index contributed by atoms with van der Waals surface area (Å²) in [6, 6.07) is 0. The smallest absolute Gasteiger partial charge is 0.239 e. The highest BCUT2D eigenvalue weighted by molar-refractivity contribution is 4.90. The van der Waals surface area contributed by atoms with Gasteiger partial charge >= 0.3 is 0 Å². The Balaban J connectivity index is 4.02. The largest absolute Gasteiger partial charge is 0.259 e. The van der Waals surface area contributed by atoms with E-state index in [4.69, 9.17) is 0 Å². The first-order valence-corrected chi connectivity index (χ1v) is 3.40. The quantitative estimate of drug-likeness (QED) is 0.449. The minimum Gasteiger partial charge on any atom is -0.259 e. The summed E-state index contributed by atoms with van der Waals surface area (Å²) in [7, 11) is 0. The van der Waals surface area contributed by atoms with Crippen molar-refractivity contribution in [3.05, 3.63) is 21.9 Å². The average Bonchev–Trinajstić information content (AvgIpc) is 1.87. The van der Waals surface area contributed by atoms with Crippen LogP contribution in [0.25, 0.3) is 0 Å². The van der Waals surface area contributed by atoms with Crippen molar-refractivity contribution in [1.29, 1.82) is 0 Å². The minimum atomic E-state index is -0.355. The molecule has 0 radical (unpaired) electrons. The molecular formula is C7H13NO2. The van der Waals surface area contributed by atoms with Crippen LogP contribution in [0.5, 0.6) is 0 Å². The van der Waals surface area contributed by atoms with Gasteiger partial charge in [-0.3, -0.25) is 10.1 Å². The predicted molar refractivity (Wildman–Crippen MR) is 40.2 cm³/mol. The summed E-state index contributed by atoms with van der Waals surface area (Å²) >= 11 is 0. The molecule has 0 amide bonds. The summed E-state index contributed by atoms with van der Waals surface area (Å²) in [5.41, 5.74) is 0.245. The van der Waals surface area contributed by atoms with Gasteiger partial charge in [0.2, 0.25) is 5.70 Å². The highest BCUT2D eigenvalue weighted by Gasteiger charge is 2.03. The molecule has 0 fully saturated rings. The lowest BCUT2D eigenvalue weighted by atomic mass is 10.1. The van der Waals surface area contributed by atoms with E-state index in [0.717, 1.165) is 6.42 Å². The molecule has 0 aliphatic rings. The van der Waals surface area contributed by atoms with Gasteiger partial charge in [0.05, 0.1) is 4.92 Å². The lowest BCUT2D eigenvalue weighted by molar-refractivity contribution is -0.424. The van der Waals surface area contributed by atoms with Crippen LogP contribution in [-0.4, -0.2) is 4.92 Å². The summed E-state index contributed by atoms with van der Waals surface area (Å²) in [6.45, 7) is 5.49. The van der Waals surface area contributed by atoms with E-state index in [1.54, 1.807) is 6.08 Å². The average molecular weight is 143 g/mol. The fraction of sp³-hybridized carbons (Fsp3) is 0.714. The zero-order valence-corrected chi connectivity index (χ0v) is 6.63. The van der Waals surface area contributed by atoms with Crippen LogP contribution in [0, 0.1) is 16.0 Å².